The highest BCUT2D eigenvalue weighted by Gasteiger charge is 2.38. The van der Waals surface area contributed by atoms with Crippen molar-refractivity contribution in [3.8, 4) is 28.1 Å². The summed E-state index contributed by atoms with van der Waals surface area (Å²) in [6, 6.07) is 16.9. The normalized spacial score (nSPS) is 22.2. The Bertz CT molecular complexity index is 1830. The minimum atomic E-state index is -0.975. The number of anilines is 1. The highest BCUT2D eigenvalue weighted by atomic mass is 16.6. The first-order chi connectivity index (χ1) is 23.7. The van der Waals surface area contributed by atoms with E-state index in [2.05, 4.69) is 75.1 Å². The first-order valence-corrected chi connectivity index (χ1v) is 18.3. The summed E-state index contributed by atoms with van der Waals surface area (Å²) in [5, 5.41) is 5.21. The van der Waals surface area contributed by atoms with Gasteiger partial charge < -0.3 is 23.8 Å². The molecular formula is C41H54N4O5. The Morgan fingerprint density at radius 3 is 2.52 bits per heavy atom. The third-order valence-corrected chi connectivity index (χ3v) is 10.1. The van der Waals surface area contributed by atoms with Crippen molar-refractivity contribution in [2.24, 2.45) is 5.92 Å². The number of ether oxygens (including phenoxy) is 4. The van der Waals surface area contributed by atoms with E-state index in [1.54, 1.807) is 0 Å². The maximum absolute atomic E-state index is 13.7. The van der Waals surface area contributed by atoms with Gasteiger partial charge in [-0.3, -0.25) is 0 Å². The van der Waals surface area contributed by atoms with Crippen molar-refractivity contribution < 1.29 is 23.7 Å². The van der Waals surface area contributed by atoms with Crippen LogP contribution in [0.5, 0.6) is 5.75 Å². The number of esters is 1. The van der Waals surface area contributed by atoms with Gasteiger partial charge in [-0.05, 0) is 111 Å². The van der Waals surface area contributed by atoms with Crippen LogP contribution in [0.2, 0.25) is 0 Å². The second kappa shape index (κ2) is 14.3. The maximum Gasteiger partial charge on any atom is 0.340 e. The summed E-state index contributed by atoms with van der Waals surface area (Å²) in [5.74, 6) is 1.61. The lowest BCUT2D eigenvalue weighted by atomic mass is 9.92. The van der Waals surface area contributed by atoms with E-state index < -0.39 is 17.7 Å². The van der Waals surface area contributed by atoms with Crippen molar-refractivity contribution in [3.05, 3.63) is 65.4 Å². The largest absolute Gasteiger partial charge is 0.490 e. The number of hydrogen-bond donors (Lipinski definition) is 0. The molecular weight excluding hydrogens is 628 g/mol. The fourth-order valence-corrected chi connectivity index (χ4v) is 7.09. The molecule has 50 heavy (non-hydrogen) atoms. The van der Waals surface area contributed by atoms with Crippen molar-refractivity contribution in [2.45, 2.75) is 111 Å². The lowest BCUT2D eigenvalue weighted by Crippen LogP contribution is -2.46. The fourth-order valence-electron chi connectivity index (χ4n) is 7.09. The smallest absolute Gasteiger partial charge is 0.340 e. The monoisotopic (exact) mass is 682 g/mol. The van der Waals surface area contributed by atoms with Crippen LogP contribution in [0.1, 0.15) is 97.1 Å². The Kier molecular flexibility index (Phi) is 10.3. The standard InChI is InChI=1S/C41H54N4O5/c1-10-47-39(46)37(50-40(6,7)8)36-28(4)42-35-25-33-31-15-11-14-30(24-31)32-23-26(2)16-17-34(32)49-29(5)27(3)13-12-22-48-41(9)18-20-44(21-19-41)38(36)45(35)43-33/h11,14-17,23-25,27,29,37H,10,12-13,18-22H2,1-9H3/t27?,29?,37-/m0/s1. The average molecular weight is 683 g/mol. The zero-order valence-corrected chi connectivity index (χ0v) is 31.3. The van der Waals surface area contributed by atoms with Crippen molar-refractivity contribution in [2.75, 3.05) is 31.2 Å². The van der Waals surface area contributed by atoms with Gasteiger partial charge in [0.25, 0.3) is 0 Å². The van der Waals surface area contributed by atoms with Gasteiger partial charge in [0, 0.05) is 42.6 Å². The topological polar surface area (TPSA) is 87.4 Å². The van der Waals surface area contributed by atoms with Gasteiger partial charge >= 0.3 is 5.97 Å². The number of aromatic nitrogens is 3. The lowest BCUT2D eigenvalue weighted by molar-refractivity contribution is -0.166. The minimum absolute atomic E-state index is 0.0464. The van der Waals surface area contributed by atoms with Gasteiger partial charge in [0.2, 0.25) is 0 Å². The Labute approximate surface area is 297 Å². The van der Waals surface area contributed by atoms with Crippen molar-refractivity contribution in [1.82, 2.24) is 14.6 Å². The predicted molar refractivity (Wildman–Crippen MR) is 198 cm³/mol. The highest BCUT2D eigenvalue weighted by molar-refractivity contribution is 5.81. The quantitative estimate of drug-likeness (QED) is 0.198. The van der Waals surface area contributed by atoms with Gasteiger partial charge in [-0.1, -0.05) is 36.8 Å². The summed E-state index contributed by atoms with van der Waals surface area (Å²) < 4.78 is 27.3. The van der Waals surface area contributed by atoms with Gasteiger partial charge in [0.1, 0.15) is 11.6 Å². The molecule has 0 amide bonds. The third kappa shape index (κ3) is 7.69. The van der Waals surface area contributed by atoms with Crippen LogP contribution in [-0.4, -0.2) is 64.2 Å². The van der Waals surface area contributed by atoms with Gasteiger partial charge in [-0.25, -0.2) is 9.78 Å². The molecule has 0 aliphatic carbocycles. The van der Waals surface area contributed by atoms with Gasteiger partial charge in [-0.2, -0.15) is 9.61 Å². The second-order valence-electron chi connectivity index (χ2n) is 15.4. The van der Waals surface area contributed by atoms with Gasteiger partial charge in [-0.15, -0.1) is 0 Å². The molecule has 2 aromatic carbocycles. The number of carbonyl (C=O) groups is 1. The number of carbonyl (C=O) groups excluding carboxylic acids is 1. The van der Waals surface area contributed by atoms with Crippen LogP contribution in [-0.2, 0) is 19.0 Å². The van der Waals surface area contributed by atoms with E-state index in [0.717, 1.165) is 72.7 Å². The van der Waals surface area contributed by atoms with E-state index in [1.165, 1.54) is 5.56 Å². The molecule has 2 aromatic heterocycles. The van der Waals surface area contributed by atoms with E-state index in [-0.39, 0.29) is 18.3 Å². The first-order valence-electron chi connectivity index (χ1n) is 18.3. The molecule has 0 N–H and O–H groups in total. The van der Waals surface area contributed by atoms with Crippen molar-refractivity contribution >= 4 is 17.4 Å². The Morgan fingerprint density at radius 1 is 1.06 bits per heavy atom. The molecule has 3 atom stereocenters. The van der Waals surface area contributed by atoms with Crippen LogP contribution in [0.3, 0.4) is 0 Å². The van der Waals surface area contributed by atoms with Crippen LogP contribution in [0, 0.1) is 19.8 Å². The third-order valence-electron chi connectivity index (χ3n) is 10.1. The molecule has 0 saturated carbocycles. The van der Waals surface area contributed by atoms with E-state index in [9.17, 15) is 4.79 Å². The number of rotatable bonds is 4. The number of nitrogens with zero attached hydrogens (tertiary/aromatic N) is 4. The van der Waals surface area contributed by atoms with Crippen LogP contribution < -0.4 is 9.64 Å². The molecule has 1 fully saturated rings. The fraction of sp³-hybridized carbons (Fsp3) is 0.537. The van der Waals surface area contributed by atoms with Crippen LogP contribution in [0.25, 0.3) is 28.0 Å². The molecule has 6 bridgehead atoms. The molecule has 0 spiro atoms. The number of fused-ring (bicyclic) bond motifs is 8. The summed E-state index contributed by atoms with van der Waals surface area (Å²) >= 11 is 0. The van der Waals surface area contributed by atoms with E-state index in [1.807, 2.05) is 45.2 Å². The van der Waals surface area contributed by atoms with Gasteiger partial charge in [0.15, 0.2) is 11.8 Å². The second-order valence-corrected chi connectivity index (χ2v) is 15.4. The number of aryl methyl sites for hydroxylation is 2. The average Bonchev–Trinajstić information content (AvgIpc) is 3.49. The summed E-state index contributed by atoms with van der Waals surface area (Å²) in [7, 11) is 0. The van der Waals surface area contributed by atoms with Crippen LogP contribution >= 0.6 is 0 Å². The van der Waals surface area contributed by atoms with E-state index in [4.69, 9.17) is 29.0 Å². The van der Waals surface area contributed by atoms with Crippen LogP contribution in [0.15, 0.2) is 48.5 Å². The number of hydrogen-bond acceptors (Lipinski definition) is 8. The first kappa shape index (κ1) is 35.9. The SMILES string of the molecule is CCOC(=O)[C@@H](OC(C)(C)C)c1c(C)nc2cc3nn2c1N1CCC(C)(CC1)OCCCC(C)C(C)Oc1ccc(C)cc1-c1cccc-3c1. The van der Waals surface area contributed by atoms with E-state index in [0.29, 0.717) is 29.4 Å². The summed E-state index contributed by atoms with van der Waals surface area (Å²) in [6.45, 7) is 20.8. The molecule has 9 heteroatoms. The molecule has 3 aliphatic rings. The minimum Gasteiger partial charge on any atom is -0.490 e. The van der Waals surface area contributed by atoms with Crippen molar-refractivity contribution in [3.63, 3.8) is 0 Å². The number of benzene rings is 2. The highest BCUT2D eigenvalue weighted by Crippen LogP contribution is 2.40. The Balaban J connectivity index is 1.54. The summed E-state index contributed by atoms with van der Waals surface area (Å²) in [6.07, 6.45) is 2.72. The molecule has 0 radical (unpaired) electrons. The molecule has 7 rings (SSSR count). The molecule has 5 heterocycles. The summed E-state index contributed by atoms with van der Waals surface area (Å²) in [5.41, 5.74) is 6.27. The molecule has 1 saturated heterocycles. The van der Waals surface area contributed by atoms with E-state index >= 15 is 0 Å². The summed E-state index contributed by atoms with van der Waals surface area (Å²) in [4.78, 5) is 21.0. The lowest BCUT2D eigenvalue weighted by Gasteiger charge is -2.41. The predicted octanol–water partition coefficient (Wildman–Crippen LogP) is 8.67. The molecule has 268 valence electrons. The van der Waals surface area contributed by atoms with Crippen molar-refractivity contribution in [1.29, 1.82) is 0 Å². The number of piperidine rings is 1. The molecule has 3 aliphatic heterocycles. The van der Waals surface area contributed by atoms with Gasteiger partial charge in [0.05, 0.1) is 35.2 Å². The molecule has 2 unspecified atom stereocenters. The van der Waals surface area contributed by atoms with Crippen LogP contribution in [0.4, 0.5) is 5.82 Å². The zero-order chi connectivity index (χ0) is 35.8. The zero-order valence-electron chi connectivity index (χ0n) is 31.3. The molecule has 9 nitrogen and oxygen atoms in total. The Morgan fingerprint density at radius 2 is 1.80 bits per heavy atom. The Hall–Kier alpha value is -3.95. The molecule has 4 aromatic rings. The maximum atomic E-state index is 13.7.